The molecule has 1 aromatic carbocycles. The van der Waals surface area contributed by atoms with Gasteiger partial charge in [-0.15, -0.1) is 0 Å². The van der Waals surface area contributed by atoms with Gasteiger partial charge in [0.2, 0.25) is 0 Å². The summed E-state index contributed by atoms with van der Waals surface area (Å²) in [6, 6.07) is 5.83. The summed E-state index contributed by atoms with van der Waals surface area (Å²) in [5.41, 5.74) is 9.26. The number of nitrogens with two attached hydrogens (primary N) is 1. The van der Waals surface area contributed by atoms with E-state index in [9.17, 15) is 0 Å². The fourth-order valence-electron chi connectivity index (χ4n) is 5.13. The third kappa shape index (κ3) is 3.81. The number of hydrogen-bond acceptors (Lipinski definition) is 5. The van der Waals surface area contributed by atoms with Crippen molar-refractivity contribution < 1.29 is 4.74 Å². The van der Waals surface area contributed by atoms with Crippen molar-refractivity contribution in [2.45, 2.75) is 63.7 Å². The highest BCUT2D eigenvalue weighted by Crippen LogP contribution is 2.48. The largest absolute Gasteiger partial charge is 0.375 e. The topological polar surface area (TPSA) is 64.3 Å². The zero-order chi connectivity index (χ0) is 20.9. The van der Waals surface area contributed by atoms with Gasteiger partial charge in [0.15, 0.2) is 0 Å². The van der Waals surface area contributed by atoms with E-state index in [1.165, 1.54) is 12.8 Å². The van der Waals surface area contributed by atoms with Crippen LogP contribution in [-0.2, 0) is 4.74 Å². The van der Waals surface area contributed by atoms with Gasteiger partial charge in [0.1, 0.15) is 5.82 Å². The molecule has 1 aliphatic heterocycles. The van der Waals surface area contributed by atoms with Gasteiger partial charge in [0.25, 0.3) is 0 Å². The van der Waals surface area contributed by atoms with Crippen LogP contribution >= 0.6 is 23.2 Å². The molecule has 2 aromatic rings. The molecule has 3 fully saturated rings. The Labute approximate surface area is 187 Å². The number of anilines is 1. The Morgan fingerprint density at radius 3 is 2.63 bits per heavy atom. The van der Waals surface area contributed by atoms with Crippen LogP contribution in [0.4, 0.5) is 5.82 Å². The van der Waals surface area contributed by atoms with E-state index in [1.807, 2.05) is 25.3 Å². The molecule has 1 spiro atoms. The highest BCUT2D eigenvalue weighted by molar-refractivity contribution is 6.43. The molecule has 2 saturated carbocycles. The second kappa shape index (κ2) is 7.94. The van der Waals surface area contributed by atoms with E-state index in [0.717, 1.165) is 61.5 Å². The van der Waals surface area contributed by atoms with Gasteiger partial charge in [-0.25, -0.2) is 4.98 Å². The minimum Gasteiger partial charge on any atom is -0.375 e. The van der Waals surface area contributed by atoms with Crippen LogP contribution in [0.15, 0.2) is 24.4 Å². The first-order valence-corrected chi connectivity index (χ1v) is 11.6. The number of benzene rings is 1. The quantitative estimate of drug-likeness (QED) is 0.714. The number of rotatable bonds is 4. The molecule has 160 valence electrons. The lowest BCUT2D eigenvalue weighted by Crippen LogP contribution is -2.47. The van der Waals surface area contributed by atoms with Gasteiger partial charge in [-0.05, 0) is 56.9 Å². The van der Waals surface area contributed by atoms with Gasteiger partial charge in [-0.1, -0.05) is 35.3 Å². The Hall–Kier alpha value is -1.40. The minimum atomic E-state index is 0.215. The summed E-state index contributed by atoms with van der Waals surface area (Å²) >= 11 is 12.6. The van der Waals surface area contributed by atoms with Crippen LogP contribution in [0.25, 0.3) is 11.3 Å². The van der Waals surface area contributed by atoms with Crippen molar-refractivity contribution in [3.05, 3.63) is 40.1 Å². The van der Waals surface area contributed by atoms with Crippen molar-refractivity contribution >= 4 is 29.0 Å². The third-order valence-corrected chi connectivity index (χ3v) is 7.89. The molecule has 7 heteroatoms. The molecule has 0 unspecified atom stereocenters. The highest BCUT2D eigenvalue weighted by Gasteiger charge is 2.48. The van der Waals surface area contributed by atoms with Gasteiger partial charge in [0, 0.05) is 24.7 Å². The summed E-state index contributed by atoms with van der Waals surface area (Å²) in [4.78, 5) is 11.9. The van der Waals surface area contributed by atoms with E-state index in [-0.39, 0.29) is 11.5 Å². The molecule has 2 aliphatic carbocycles. The van der Waals surface area contributed by atoms with Crippen molar-refractivity contribution in [1.29, 1.82) is 0 Å². The lowest BCUT2D eigenvalue weighted by Gasteiger charge is -2.42. The maximum atomic E-state index is 6.60. The number of ether oxygens (including phenoxy) is 1. The van der Waals surface area contributed by atoms with E-state index in [4.69, 9.17) is 38.7 Å². The highest BCUT2D eigenvalue weighted by atomic mass is 35.5. The summed E-state index contributed by atoms with van der Waals surface area (Å²) in [6.45, 7) is 3.88. The predicted molar refractivity (Wildman–Crippen MR) is 121 cm³/mol. The van der Waals surface area contributed by atoms with E-state index in [0.29, 0.717) is 22.3 Å². The molecule has 2 atom stereocenters. The lowest BCUT2D eigenvalue weighted by atomic mass is 9.74. The van der Waals surface area contributed by atoms with Crippen LogP contribution in [0, 0.1) is 12.3 Å². The normalized spacial score (nSPS) is 25.8. The average molecular weight is 447 g/mol. The molecule has 0 amide bonds. The van der Waals surface area contributed by atoms with Crippen LogP contribution in [-0.4, -0.2) is 41.3 Å². The summed E-state index contributed by atoms with van der Waals surface area (Å²) in [6.07, 6.45) is 9.43. The van der Waals surface area contributed by atoms with Crippen LogP contribution < -0.4 is 10.6 Å². The maximum absolute atomic E-state index is 6.60. The molecule has 0 radical (unpaired) electrons. The Morgan fingerprint density at radius 1 is 1.17 bits per heavy atom. The fraction of sp³-hybridized carbons (Fsp3) is 0.565. The summed E-state index contributed by atoms with van der Waals surface area (Å²) in [7, 11) is 0. The number of nitrogens with zero attached hydrogens (tertiary/aromatic N) is 3. The van der Waals surface area contributed by atoms with Gasteiger partial charge < -0.3 is 15.4 Å². The predicted octanol–water partition coefficient (Wildman–Crippen LogP) is 5.01. The molecule has 1 aromatic heterocycles. The molecule has 3 aliphatic rings. The zero-order valence-corrected chi connectivity index (χ0v) is 18.8. The molecule has 1 saturated heterocycles. The minimum absolute atomic E-state index is 0.215. The first-order chi connectivity index (χ1) is 14.4. The molecule has 2 heterocycles. The van der Waals surface area contributed by atoms with E-state index >= 15 is 0 Å². The van der Waals surface area contributed by atoms with E-state index in [1.54, 1.807) is 6.07 Å². The molecule has 2 N–H and O–H groups in total. The van der Waals surface area contributed by atoms with Gasteiger partial charge in [-0.3, -0.25) is 4.98 Å². The molecule has 0 bridgehead atoms. The van der Waals surface area contributed by atoms with Crippen molar-refractivity contribution in [2.24, 2.45) is 11.1 Å². The first kappa shape index (κ1) is 20.5. The van der Waals surface area contributed by atoms with Crippen LogP contribution in [0.2, 0.25) is 10.0 Å². The van der Waals surface area contributed by atoms with E-state index < -0.39 is 0 Å². The number of hydrogen-bond donors (Lipinski definition) is 1. The second-order valence-corrected chi connectivity index (χ2v) is 9.90. The average Bonchev–Trinajstić information content (AvgIpc) is 3.49. The standard InChI is InChI=1S/C23H28Cl2N4O/c1-14-22(17-3-2-4-18(24)21(17)25)27-13-20(28-14)29-9-7-23(8-10-29)12-16(11-19(23)26)30-15-5-6-15/h2-4,13,15-16,19H,5-12,26H2,1H3/t16-,19+/m0/s1. The second-order valence-electron chi connectivity index (χ2n) is 9.12. The summed E-state index contributed by atoms with van der Waals surface area (Å²) < 4.78 is 6.18. The van der Waals surface area contributed by atoms with Crippen LogP contribution in [0.1, 0.15) is 44.2 Å². The van der Waals surface area contributed by atoms with Crippen molar-refractivity contribution in [3.8, 4) is 11.3 Å². The Kier molecular flexibility index (Phi) is 5.42. The first-order valence-electron chi connectivity index (χ1n) is 10.9. The summed E-state index contributed by atoms with van der Waals surface area (Å²) in [5, 5.41) is 1.04. The maximum Gasteiger partial charge on any atom is 0.147 e. The van der Waals surface area contributed by atoms with Crippen molar-refractivity contribution in [3.63, 3.8) is 0 Å². The summed E-state index contributed by atoms with van der Waals surface area (Å²) in [5.74, 6) is 0.918. The number of aryl methyl sites for hydroxylation is 1. The number of aromatic nitrogens is 2. The Bertz CT molecular complexity index is 941. The number of halogens is 2. The monoisotopic (exact) mass is 446 g/mol. The fourth-order valence-corrected chi connectivity index (χ4v) is 5.52. The molecular formula is C23H28Cl2N4O. The van der Waals surface area contributed by atoms with Crippen LogP contribution in [0.5, 0.6) is 0 Å². The van der Waals surface area contributed by atoms with Gasteiger partial charge in [-0.2, -0.15) is 0 Å². The third-order valence-electron chi connectivity index (χ3n) is 7.07. The van der Waals surface area contributed by atoms with Gasteiger partial charge in [0.05, 0.1) is 39.8 Å². The molecule has 5 nitrogen and oxygen atoms in total. The van der Waals surface area contributed by atoms with E-state index in [2.05, 4.69) is 9.88 Å². The Balaban J connectivity index is 1.28. The number of piperidine rings is 1. The molecule has 5 rings (SSSR count). The van der Waals surface area contributed by atoms with Crippen LogP contribution in [0.3, 0.4) is 0 Å². The lowest BCUT2D eigenvalue weighted by molar-refractivity contribution is 0.0335. The van der Waals surface area contributed by atoms with Crippen molar-refractivity contribution in [2.75, 3.05) is 18.0 Å². The molecular weight excluding hydrogens is 419 g/mol. The van der Waals surface area contributed by atoms with Gasteiger partial charge >= 0.3 is 0 Å². The molecule has 30 heavy (non-hydrogen) atoms. The Morgan fingerprint density at radius 2 is 1.93 bits per heavy atom. The smallest absolute Gasteiger partial charge is 0.147 e. The SMILES string of the molecule is Cc1nc(N2CCC3(CC2)C[C@@H](OC2CC2)C[C@H]3N)cnc1-c1cccc(Cl)c1Cl. The van der Waals surface area contributed by atoms with Crippen molar-refractivity contribution in [1.82, 2.24) is 9.97 Å². The zero-order valence-electron chi connectivity index (χ0n) is 17.3.